The third-order valence-electron chi connectivity index (χ3n) is 5.67. The Morgan fingerprint density at radius 2 is 2.04 bits per heavy atom. The lowest BCUT2D eigenvalue weighted by Gasteiger charge is -2.39. The lowest BCUT2D eigenvalue weighted by Crippen LogP contribution is -2.48. The fourth-order valence-corrected chi connectivity index (χ4v) is 4.01. The summed E-state index contributed by atoms with van der Waals surface area (Å²) < 4.78 is 1.64. The zero-order valence-electron chi connectivity index (χ0n) is 16.2. The molecular formula is C19H24N6O2. The molecule has 0 unspecified atom stereocenters. The van der Waals surface area contributed by atoms with Gasteiger partial charge in [0.05, 0.1) is 6.42 Å². The molecule has 0 aliphatic carbocycles. The van der Waals surface area contributed by atoms with Crippen molar-refractivity contribution in [2.24, 2.45) is 7.05 Å². The van der Waals surface area contributed by atoms with Crippen molar-refractivity contribution in [3.63, 3.8) is 0 Å². The van der Waals surface area contributed by atoms with Gasteiger partial charge in [0.25, 0.3) is 5.91 Å². The number of anilines is 1. The number of nitrogens with zero attached hydrogens (tertiary/aromatic N) is 6. The molecular weight excluding hydrogens is 344 g/mol. The van der Waals surface area contributed by atoms with Crippen LogP contribution in [-0.2, 0) is 23.7 Å². The van der Waals surface area contributed by atoms with E-state index >= 15 is 0 Å². The fraction of sp³-hybridized carbons (Fsp3) is 0.526. The largest absolute Gasteiger partial charge is 0.336 e. The Morgan fingerprint density at radius 3 is 2.74 bits per heavy atom. The van der Waals surface area contributed by atoms with Crippen LogP contribution in [0, 0.1) is 6.92 Å². The van der Waals surface area contributed by atoms with Crippen LogP contribution in [0.1, 0.15) is 47.3 Å². The van der Waals surface area contributed by atoms with Crippen molar-refractivity contribution in [3.05, 3.63) is 35.0 Å². The maximum atomic E-state index is 12.8. The van der Waals surface area contributed by atoms with E-state index in [1.807, 2.05) is 11.8 Å². The zero-order valence-corrected chi connectivity index (χ0v) is 16.2. The molecule has 0 saturated carbocycles. The van der Waals surface area contributed by atoms with Gasteiger partial charge in [-0.1, -0.05) is 6.92 Å². The van der Waals surface area contributed by atoms with E-state index in [1.54, 1.807) is 35.9 Å². The number of aromatic nitrogens is 4. The summed E-state index contributed by atoms with van der Waals surface area (Å²) in [5, 5.41) is 4.24. The van der Waals surface area contributed by atoms with Crippen LogP contribution in [0.3, 0.4) is 0 Å². The van der Waals surface area contributed by atoms with Gasteiger partial charge in [0, 0.05) is 50.1 Å². The number of likely N-dealkylation sites (N-methyl/N-ethyl adjacent to an activating group) is 1. The average molecular weight is 368 g/mol. The molecule has 8 nitrogen and oxygen atoms in total. The van der Waals surface area contributed by atoms with Crippen LogP contribution in [0.15, 0.2) is 12.3 Å². The van der Waals surface area contributed by atoms with E-state index in [4.69, 9.17) is 9.97 Å². The van der Waals surface area contributed by atoms with Gasteiger partial charge in [-0.25, -0.2) is 9.97 Å². The second-order valence-corrected chi connectivity index (χ2v) is 7.83. The first-order valence-corrected chi connectivity index (χ1v) is 9.22. The number of hydrogen-bond donors (Lipinski definition) is 0. The number of fused-ring (bicyclic) bond motifs is 1. The van der Waals surface area contributed by atoms with Crippen LogP contribution in [-0.4, -0.2) is 56.6 Å². The smallest absolute Gasteiger partial charge is 0.274 e. The molecule has 0 spiro atoms. The van der Waals surface area contributed by atoms with E-state index in [2.05, 4.69) is 12.0 Å². The molecule has 2 aliphatic heterocycles. The second kappa shape index (κ2) is 6.14. The van der Waals surface area contributed by atoms with Crippen molar-refractivity contribution in [2.75, 3.05) is 25.0 Å². The molecule has 142 valence electrons. The maximum Gasteiger partial charge on any atom is 0.274 e. The van der Waals surface area contributed by atoms with Crippen molar-refractivity contribution < 1.29 is 9.59 Å². The Balaban J connectivity index is 1.64. The second-order valence-electron chi connectivity index (χ2n) is 7.83. The molecule has 1 saturated heterocycles. The minimum Gasteiger partial charge on any atom is -0.336 e. The summed E-state index contributed by atoms with van der Waals surface area (Å²) >= 11 is 0. The molecule has 2 amide bonds. The molecule has 1 fully saturated rings. The number of carbonyl (C=O) groups excluding carboxylic acids is 2. The van der Waals surface area contributed by atoms with Gasteiger partial charge in [-0.2, -0.15) is 5.10 Å². The number of piperidine rings is 1. The molecule has 27 heavy (non-hydrogen) atoms. The number of carbonyl (C=O) groups is 2. The lowest BCUT2D eigenvalue weighted by molar-refractivity contribution is -0.117. The van der Waals surface area contributed by atoms with Crippen molar-refractivity contribution in [1.82, 2.24) is 24.6 Å². The van der Waals surface area contributed by atoms with E-state index in [0.717, 1.165) is 24.1 Å². The standard InChI is InChI=1S/C19H24N6O2/c1-12-13-10-15(26)24(4)16(13)21-18(20-12)19(2)7-5-8-25(11-19)17(27)14-6-9-23(3)22-14/h6,9H,5,7-8,10-11H2,1-4H3/t19-/m1/s1. The van der Waals surface area contributed by atoms with Crippen LogP contribution < -0.4 is 4.90 Å². The van der Waals surface area contributed by atoms with Gasteiger partial charge in [0.2, 0.25) is 5.91 Å². The quantitative estimate of drug-likeness (QED) is 0.796. The number of hydrogen-bond acceptors (Lipinski definition) is 5. The molecule has 0 bridgehead atoms. The molecule has 0 radical (unpaired) electrons. The first-order chi connectivity index (χ1) is 12.8. The van der Waals surface area contributed by atoms with Crippen LogP contribution >= 0.6 is 0 Å². The highest BCUT2D eigenvalue weighted by Gasteiger charge is 2.39. The average Bonchev–Trinajstić information content (AvgIpc) is 3.19. The van der Waals surface area contributed by atoms with Crippen molar-refractivity contribution >= 4 is 17.6 Å². The fourth-order valence-electron chi connectivity index (χ4n) is 4.01. The monoisotopic (exact) mass is 368 g/mol. The van der Waals surface area contributed by atoms with Crippen LogP contribution in [0.4, 0.5) is 5.82 Å². The minimum absolute atomic E-state index is 0.0419. The Morgan fingerprint density at radius 1 is 1.26 bits per heavy atom. The molecule has 0 N–H and O–H groups in total. The predicted octanol–water partition coefficient (Wildman–Crippen LogP) is 1.23. The summed E-state index contributed by atoms with van der Waals surface area (Å²) in [5.74, 6) is 1.39. The van der Waals surface area contributed by atoms with Gasteiger partial charge in [0.15, 0.2) is 0 Å². The summed E-state index contributed by atoms with van der Waals surface area (Å²) in [5.41, 5.74) is 1.86. The number of rotatable bonds is 2. The molecule has 1 atom stereocenters. The van der Waals surface area contributed by atoms with Crippen molar-refractivity contribution in [3.8, 4) is 0 Å². The number of amides is 2. The summed E-state index contributed by atoms with van der Waals surface area (Å²) in [6.45, 7) is 5.27. The highest BCUT2D eigenvalue weighted by Crippen LogP contribution is 2.36. The van der Waals surface area contributed by atoms with Gasteiger partial charge in [-0.3, -0.25) is 19.2 Å². The molecule has 8 heteroatoms. The first-order valence-electron chi connectivity index (χ1n) is 9.22. The molecule has 4 heterocycles. The van der Waals surface area contributed by atoms with Gasteiger partial charge in [-0.05, 0) is 25.8 Å². The van der Waals surface area contributed by atoms with Crippen LogP contribution in [0.25, 0.3) is 0 Å². The topological polar surface area (TPSA) is 84.2 Å². The Bertz CT molecular complexity index is 936. The third-order valence-corrected chi connectivity index (χ3v) is 5.67. The third kappa shape index (κ3) is 2.89. The summed E-state index contributed by atoms with van der Waals surface area (Å²) in [7, 11) is 3.56. The van der Waals surface area contributed by atoms with Crippen LogP contribution in [0.2, 0.25) is 0 Å². The van der Waals surface area contributed by atoms with Crippen LogP contribution in [0.5, 0.6) is 0 Å². The molecule has 2 aromatic rings. The van der Waals surface area contributed by atoms with Crippen molar-refractivity contribution in [2.45, 2.75) is 38.5 Å². The zero-order chi connectivity index (χ0) is 19.3. The number of aryl methyl sites for hydroxylation is 2. The predicted molar refractivity (Wildman–Crippen MR) is 99.6 cm³/mol. The first kappa shape index (κ1) is 17.6. The van der Waals surface area contributed by atoms with E-state index in [9.17, 15) is 9.59 Å². The van der Waals surface area contributed by atoms with Gasteiger partial charge >= 0.3 is 0 Å². The summed E-state index contributed by atoms with van der Waals surface area (Å²) in [6.07, 6.45) is 3.91. The molecule has 2 aromatic heterocycles. The highest BCUT2D eigenvalue weighted by atomic mass is 16.2. The Labute approximate surface area is 158 Å². The van der Waals surface area contributed by atoms with E-state index in [-0.39, 0.29) is 17.2 Å². The van der Waals surface area contributed by atoms with Gasteiger partial charge < -0.3 is 4.90 Å². The Hall–Kier alpha value is -2.77. The normalized spacial score (nSPS) is 22.3. The minimum atomic E-state index is -0.352. The number of likely N-dealkylation sites (tertiary alicyclic amines) is 1. The molecule has 2 aliphatic rings. The molecule has 0 aromatic carbocycles. The highest BCUT2D eigenvalue weighted by molar-refractivity contribution is 6.00. The summed E-state index contributed by atoms with van der Waals surface area (Å²) in [6, 6.07) is 1.74. The SMILES string of the molecule is Cc1nc([C@]2(C)CCCN(C(=O)c3ccn(C)n3)C2)nc2c1CC(=O)N2C. The van der Waals surface area contributed by atoms with E-state index < -0.39 is 0 Å². The maximum absolute atomic E-state index is 12.8. The molecule has 4 rings (SSSR count). The van der Waals surface area contributed by atoms with Gasteiger partial charge in [-0.15, -0.1) is 0 Å². The van der Waals surface area contributed by atoms with E-state index in [1.165, 1.54) is 0 Å². The van der Waals surface area contributed by atoms with Gasteiger partial charge in [0.1, 0.15) is 17.3 Å². The summed E-state index contributed by atoms with van der Waals surface area (Å²) in [4.78, 5) is 37.8. The van der Waals surface area contributed by atoms with Crippen molar-refractivity contribution in [1.29, 1.82) is 0 Å². The Kier molecular flexibility index (Phi) is 4.01. The lowest BCUT2D eigenvalue weighted by atomic mass is 9.80. The van der Waals surface area contributed by atoms with E-state index in [0.29, 0.717) is 36.8 Å².